The van der Waals surface area contributed by atoms with Gasteiger partial charge in [-0.25, -0.2) is 0 Å². The van der Waals surface area contributed by atoms with Gasteiger partial charge in [-0.1, -0.05) is 0 Å². The number of hydrogen-bond acceptors (Lipinski definition) is 3. The van der Waals surface area contributed by atoms with Crippen LogP contribution in [0, 0.1) is 5.92 Å². The van der Waals surface area contributed by atoms with Crippen LogP contribution in [0.3, 0.4) is 0 Å². The summed E-state index contributed by atoms with van der Waals surface area (Å²) in [5.41, 5.74) is 0. The van der Waals surface area contributed by atoms with Crippen LogP contribution in [0.15, 0.2) is 0 Å². The van der Waals surface area contributed by atoms with Crippen LogP contribution in [0.4, 0.5) is 0 Å². The average molecular weight is 263 g/mol. The van der Waals surface area contributed by atoms with Gasteiger partial charge in [-0.2, -0.15) is 0 Å². The van der Waals surface area contributed by atoms with Gasteiger partial charge in [0.1, 0.15) is 0 Å². The summed E-state index contributed by atoms with van der Waals surface area (Å²) in [6.45, 7) is 4.59. The number of carbonyl (C=O) groups excluding carboxylic acids is 1. The first-order chi connectivity index (χ1) is 7.75. The molecule has 0 aromatic heterocycles. The lowest BCUT2D eigenvalue weighted by Crippen LogP contribution is -2.48. The molecule has 2 heterocycles. The predicted molar refractivity (Wildman–Crippen MR) is 69.4 cm³/mol. The lowest BCUT2D eigenvalue weighted by atomic mass is 9.97. The number of rotatable bonds is 2. The SMILES string of the molecule is CC1CC(NC(=O)C2CCCOC2)CCN1.Cl. The molecule has 3 unspecified atom stereocenters. The van der Waals surface area contributed by atoms with E-state index in [0.717, 1.165) is 38.8 Å². The Morgan fingerprint density at radius 1 is 1.41 bits per heavy atom. The number of amides is 1. The van der Waals surface area contributed by atoms with Crippen molar-refractivity contribution in [1.29, 1.82) is 0 Å². The fraction of sp³-hybridized carbons (Fsp3) is 0.917. The third kappa shape index (κ3) is 4.45. The molecular weight excluding hydrogens is 240 g/mol. The van der Waals surface area contributed by atoms with Crippen LogP contribution >= 0.6 is 12.4 Å². The van der Waals surface area contributed by atoms with Crippen LogP contribution in [0.1, 0.15) is 32.6 Å². The van der Waals surface area contributed by atoms with Crippen LogP contribution in [0.25, 0.3) is 0 Å². The molecule has 2 N–H and O–H groups in total. The maximum absolute atomic E-state index is 12.0. The van der Waals surface area contributed by atoms with Crippen LogP contribution in [0.2, 0.25) is 0 Å². The second-order valence-electron chi connectivity index (χ2n) is 5.00. The molecule has 2 saturated heterocycles. The maximum atomic E-state index is 12.0. The van der Waals surface area contributed by atoms with Crippen molar-refractivity contribution in [3.8, 4) is 0 Å². The molecule has 2 aliphatic rings. The summed E-state index contributed by atoms with van der Waals surface area (Å²) in [6.07, 6.45) is 4.08. The Labute approximate surface area is 109 Å². The molecule has 17 heavy (non-hydrogen) atoms. The minimum Gasteiger partial charge on any atom is -0.381 e. The van der Waals surface area contributed by atoms with Crippen molar-refractivity contribution in [3.63, 3.8) is 0 Å². The monoisotopic (exact) mass is 262 g/mol. The van der Waals surface area contributed by atoms with E-state index in [1.54, 1.807) is 0 Å². The Hall–Kier alpha value is -0.320. The third-order valence-electron chi connectivity index (χ3n) is 3.50. The van der Waals surface area contributed by atoms with Crippen LogP contribution < -0.4 is 10.6 Å². The van der Waals surface area contributed by atoms with Crippen LogP contribution in [-0.2, 0) is 9.53 Å². The molecule has 0 bridgehead atoms. The summed E-state index contributed by atoms with van der Waals surface area (Å²) < 4.78 is 5.34. The quantitative estimate of drug-likeness (QED) is 0.783. The van der Waals surface area contributed by atoms with Crippen molar-refractivity contribution in [2.75, 3.05) is 19.8 Å². The van der Waals surface area contributed by atoms with Crippen molar-refractivity contribution in [1.82, 2.24) is 10.6 Å². The maximum Gasteiger partial charge on any atom is 0.225 e. The van der Waals surface area contributed by atoms with Gasteiger partial charge >= 0.3 is 0 Å². The molecule has 0 aliphatic carbocycles. The molecule has 2 rings (SSSR count). The Morgan fingerprint density at radius 3 is 2.88 bits per heavy atom. The Kier molecular flexibility index (Phi) is 6.23. The van der Waals surface area contributed by atoms with E-state index in [1.807, 2.05) is 0 Å². The van der Waals surface area contributed by atoms with E-state index >= 15 is 0 Å². The van der Waals surface area contributed by atoms with Gasteiger partial charge in [0.05, 0.1) is 12.5 Å². The van der Waals surface area contributed by atoms with E-state index in [9.17, 15) is 4.79 Å². The topological polar surface area (TPSA) is 50.4 Å². The second-order valence-corrected chi connectivity index (χ2v) is 5.00. The number of piperidine rings is 1. The molecule has 0 radical (unpaired) electrons. The first-order valence-electron chi connectivity index (χ1n) is 6.37. The second kappa shape index (κ2) is 7.19. The van der Waals surface area contributed by atoms with Gasteiger partial charge in [0, 0.05) is 18.7 Å². The zero-order valence-electron chi connectivity index (χ0n) is 10.4. The molecule has 1 amide bonds. The Morgan fingerprint density at radius 2 is 2.24 bits per heavy atom. The summed E-state index contributed by atoms with van der Waals surface area (Å²) in [5.74, 6) is 0.276. The van der Waals surface area contributed by atoms with Crippen molar-refractivity contribution >= 4 is 18.3 Å². The zero-order chi connectivity index (χ0) is 11.4. The molecule has 2 fully saturated rings. The van der Waals surface area contributed by atoms with Crippen LogP contribution in [0.5, 0.6) is 0 Å². The van der Waals surface area contributed by atoms with Gasteiger partial charge in [-0.15, -0.1) is 12.4 Å². The lowest BCUT2D eigenvalue weighted by molar-refractivity contribution is -0.129. The Balaban J connectivity index is 0.00000144. The summed E-state index contributed by atoms with van der Waals surface area (Å²) in [6, 6.07) is 0.868. The summed E-state index contributed by atoms with van der Waals surface area (Å²) in [7, 11) is 0. The lowest BCUT2D eigenvalue weighted by Gasteiger charge is -2.30. The van der Waals surface area contributed by atoms with Gasteiger partial charge in [0.15, 0.2) is 0 Å². The summed E-state index contributed by atoms with van der Waals surface area (Å²) in [5, 5.41) is 6.55. The van der Waals surface area contributed by atoms with E-state index in [-0.39, 0.29) is 24.2 Å². The van der Waals surface area contributed by atoms with Crippen molar-refractivity contribution in [3.05, 3.63) is 0 Å². The summed E-state index contributed by atoms with van der Waals surface area (Å²) in [4.78, 5) is 12.0. The molecule has 0 spiro atoms. The number of ether oxygens (including phenoxy) is 1. The van der Waals surface area contributed by atoms with Crippen LogP contribution in [-0.4, -0.2) is 37.7 Å². The summed E-state index contributed by atoms with van der Waals surface area (Å²) >= 11 is 0. The van der Waals surface area contributed by atoms with Gasteiger partial charge in [-0.3, -0.25) is 4.79 Å². The zero-order valence-corrected chi connectivity index (χ0v) is 11.2. The van der Waals surface area contributed by atoms with E-state index in [4.69, 9.17) is 4.74 Å². The standard InChI is InChI=1S/C12H22N2O2.ClH/c1-9-7-11(4-5-13-9)14-12(15)10-3-2-6-16-8-10;/h9-11,13H,2-8H2,1H3,(H,14,15);1H. The molecule has 0 aromatic rings. The van der Waals surface area contributed by atoms with Gasteiger partial charge in [0.25, 0.3) is 0 Å². The fourth-order valence-electron chi connectivity index (χ4n) is 2.53. The van der Waals surface area contributed by atoms with Gasteiger partial charge in [0.2, 0.25) is 5.91 Å². The smallest absolute Gasteiger partial charge is 0.225 e. The first-order valence-corrected chi connectivity index (χ1v) is 6.37. The number of hydrogen-bond donors (Lipinski definition) is 2. The Bertz CT molecular complexity index is 245. The molecular formula is C12H23ClN2O2. The largest absolute Gasteiger partial charge is 0.381 e. The highest BCUT2D eigenvalue weighted by Crippen LogP contribution is 2.15. The molecule has 2 aliphatic heterocycles. The van der Waals surface area contributed by atoms with E-state index in [0.29, 0.717) is 18.7 Å². The highest BCUT2D eigenvalue weighted by Gasteiger charge is 2.25. The minimum absolute atomic E-state index is 0. The number of halogens is 1. The first kappa shape index (κ1) is 14.7. The highest BCUT2D eigenvalue weighted by atomic mass is 35.5. The molecule has 5 heteroatoms. The van der Waals surface area contributed by atoms with Gasteiger partial charge in [-0.05, 0) is 39.2 Å². The van der Waals surface area contributed by atoms with E-state index in [1.165, 1.54) is 0 Å². The van der Waals surface area contributed by atoms with Crippen molar-refractivity contribution in [2.24, 2.45) is 5.92 Å². The fourth-order valence-corrected chi connectivity index (χ4v) is 2.53. The molecule has 4 nitrogen and oxygen atoms in total. The molecule has 3 atom stereocenters. The molecule has 100 valence electrons. The van der Waals surface area contributed by atoms with Crippen molar-refractivity contribution < 1.29 is 9.53 Å². The minimum atomic E-state index is 0. The third-order valence-corrected chi connectivity index (χ3v) is 3.50. The van der Waals surface area contributed by atoms with E-state index < -0.39 is 0 Å². The highest BCUT2D eigenvalue weighted by molar-refractivity contribution is 5.85. The predicted octanol–water partition coefficient (Wildman–Crippen LogP) is 1.09. The molecule has 0 aromatic carbocycles. The number of nitrogens with one attached hydrogen (secondary N) is 2. The van der Waals surface area contributed by atoms with Crippen molar-refractivity contribution in [2.45, 2.75) is 44.7 Å². The normalized spacial score (nSPS) is 33.6. The number of carbonyl (C=O) groups is 1. The van der Waals surface area contributed by atoms with Gasteiger partial charge < -0.3 is 15.4 Å². The average Bonchev–Trinajstić information content (AvgIpc) is 2.30. The van der Waals surface area contributed by atoms with E-state index in [2.05, 4.69) is 17.6 Å². The molecule has 0 saturated carbocycles.